The van der Waals surface area contributed by atoms with E-state index in [4.69, 9.17) is 4.74 Å². The van der Waals surface area contributed by atoms with Crippen molar-refractivity contribution in [3.05, 3.63) is 94.0 Å². The summed E-state index contributed by atoms with van der Waals surface area (Å²) in [6.45, 7) is -0.314. The maximum Gasteiger partial charge on any atom is 0.338 e. The van der Waals surface area contributed by atoms with E-state index in [0.717, 1.165) is 5.56 Å². The van der Waals surface area contributed by atoms with Gasteiger partial charge in [0.1, 0.15) is 0 Å². The van der Waals surface area contributed by atoms with Crippen LogP contribution >= 0.6 is 0 Å². The van der Waals surface area contributed by atoms with E-state index in [9.17, 15) is 28.1 Å². The highest BCUT2D eigenvalue weighted by molar-refractivity contribution is 7.92. The molecule has 3 aromatic carbocycles. The van der Waals surface area contributed by atoms with Gasteiger partial charge in [-0.2, -0.15) is 0 Å². The van der Waals surface area contributed by atoms with Gasteiger partial charge in [-0.25, -0.2) is 13.2 Å². The number of esters is 1. The molecule has 3 aromatic rings. The third-order valence-corrected chi connectivity index (χ3v) is 7.01. The van der Waals surface area contributed by atoms with Gasteiger partial charge in [0.2, 0.25) is 0 Å². The Labute approximate surface area is 195 Å². The highest BCUT2D eigenvalue weighted by Gasteiger charge is 2.31. The lowest BCUT2D eigenvalue weighted by atomic mass is 10.2. The maximum absolute atomic E-state index is 13.2. The fourth-order valence-corrected chi connectivity index (χ4v) is 5.10. The zero-order valence-corrected chi connectivity index (χ0v) is 18.5. The van der Waals surface area contributed by atoms with Gasteiger partial charge in [0.15, 0.2) is 6.61 Å². The van der Waals surface area contributed by atoms with Crippen molar-refractivity contribution in [2.24, 2.45) is 0 Å². The van der Waals surface area contributed by atoms with Crippen LogP contribution in [0.2, 0.25) is 0 Å². The number of hydrogen-bond acceptors (Lipinski definition) is 7. The molecule has 10 nitrogen and oxygen atoms in total. The minimum Gasteiger partial charge on any atom is -0.452 e. The number of nitrogens with one attached hydrogen (secondary N) is 1. The van der Waals surface area contributed by atoms with Crippen molar-refractivity contribution < 1.29 is 27.7 Å². The van der Waals surface area contributed by atoms with Crippen LogP contribution in [-0.2, 0) is 26.0 Å². The molecule has 0 fully saturated rings. The first-order chi connectivity index (χ1) is 16.3. The van der Waals surface area contributed by atoms with E-state index < -0.39 is 33.4 Å². The van der Waals surface area contributed by atoms with E-state index in [-0.39, 0.29) is 16.1 Å². The summed E-state index contributed by atoms with van der Waals surface area (Å²) < 4.78 is 32.7. The number of ether oxygens (including phenoxy) is 1. The molecular weight excluding hydrogens is 462 g/mol. The molecule has 0 bridgehead atoms. The topological polar surface area (TPSA) is 136 Å². The summed E-state index contributed by atoms with van der Waals surface area (Å²) in [7, 11) is -3.89. The number of hydrogen-bond donors (Lipinski definition) is 1. The van der Waals surface area contributed by atoms with Crippen LogP contribution in [0.1, 0.15) is 15.9 Å². The molecule has 4 rings (SSSR count). The normalized spacial score (nSPS) is 12.6. The summed E-state index contributed by atoms with van der Waals surface area (Å²) in [5, 5.41) is 13.1. The number of benzene rings is 3. The molecule has 0 spiro atoms. The Balaban J connectivity index is 1.41. The summed E-state index contributed by atoms with van der Waals surface area (Å²) in [4.78, 5) is 34.5. The zero-order valence-electron chi connectivity index (χ0n) is 17.7. The van der Waals surface area contributed by atoms with E-state index in [1.54, 1.807) is 12.1 Å². The van der Waals surface area contributed by atoms with E-state index in [2.05, 4.69) is 5.32 Å². The number of amides is 1. The molecule has 174 valence electrons. The van der Waals surface area contributed by atoms with Crippen molar-refractivity contribution in [3.63, 3.8) is 0 Å². The fraction of sp³-hybridized carbons (Fsp3) is 0.130. The number of nitro groups is 1. The Morgan fingerprint density at radius 2 is 1.76 bits per heavy atom. The van der Waals surface area contributed by atoms with Gasteiger partial charge in [-0.3, -0.25) is 19.2 Å². The Kier molecular flexibility index (Phi) is 6.28. The lowest BCUT2D eigenvalue weighted by Crippen LogP contribution is -2.29. The van der Waals surface area contributed by atoms with Crippen molar-refractivity contribution in [3.8, 4) is 0 Å². The van der Waals surface area contributed by atoms with Crippen LogP contribution in [0, 0.1) is 10.1 Å². The third kappa shape index (κ3) is 4.74. The predicted molar refractivity (Wildman–Crippen MR) is 123 cm³/mol. The van der Waals surface area contributed by atoms with Crippen molar-refractivity contribution >= 4 is 39.0 Å². The van der Waals surface area contributed by atoms with Gasteiger partial charge < -0.3 is 10.1 Å². The summed E-state index contributed by atoms with van der Waals surface area (Å²) in [5.74, 6) is -1.52. The highest BCUT2D eigenvalue weighted by atomic mass is 32.2. The average molecular weight is 481 g/mol. The molecule has 34 heavy (non-hydrogen) atoms. The van der Waals surface area contributed by atoms with Crippen LogP contribution in [0.3, 0.4) is 0 Å². The predicted octanol–water partition coefficient (Wildman–Crippen LogP) is 3.14. The molecule has 1 N–H and O–H groups in total. The molecule has 0 radical (unpaired) electrons. The standard InChI is InChI=1S/C23H19N3O7S/c27-22(24-18-8-10-19(11-9-18)26(29)30)15-33-23(28)17-5-3-6-20(14-17)34(31,32)25-13-12-16-4-1-2-7-21(16)25/h1-11,14H,12-13,15H2,(H,24,27). The summed E-state index contributed by atoms with van der Waals surface area (Å²) in [6, 6.07) is 17.8. The molecule has 0 aliphatic carbocycles. The molecule has 0 saturated heterocycles. The monoisotopic (exact) mass is 481 g/mol. The number of anilines is 2. The first-order valence-electron chi connectivity index (χ1n) is 10.2. The molecular formula is C23H19N3O7S. The lowest BCUT2D eigenvalue weighted by Gasteiger charge is -2.19. The van der Waals surface area contributed by atoms with Crippen LogP contribution < -0.4 is 9.62 Å². The highest BCUT2D eigenvalue weighted by Crippen LogP contribution is 2.32. The summed E-state index contributed by atoms with van der Waals surface area (Å²) >= 11 is 0. The Hall–Kier alpha value is -4.25. The SMILES string of the molecule is O=C(COC(=O)c1cccc(S(=O)(=O)N2CCc3ccccc32)c1)Nc1ccc([N+](=O)[O-])cc1. The quantitative estimate of drug-likeness (QED) is 0.311. The first-order valence-corrected chi connectivity index (χ1v) is 11.6. The maximum atomic E-state index is 13.2. The summed E-state index contributed by atoms with van der Waals surface area (Å²) in [6.07, 6.45) is 0.598. The molecule has 1 amide bonds. The number of non-ortho nitro benzene ring substituents is 1. The minimum atomic E-state index is -3.89. The van der Waals surface area contributed by atoms with Gasteiger partial charge in [0, 0.05) is 24.4 Å². The summed E-state index contributed by atoms with van der Waals surface area (Å²) in [5.41, 5.74) is 1.69. The Morgan fingerprint density at radius 3 is 2.50 bits per heavy atom. The number of fused-ring (bicyclic) bond motifs is 1. The first kappa shape index (κ1) is 22.9. The molecule has 1 aliphatic rings. The van der Waals surface area contributed by atoms with Gasteiger partial charge in [-0.05, 0) is 48.4 Å². The molecule has 0 unspecified atom stereocenters. The second-order valence-electron chi connectivity index (χ2n) is 7.41. The van der Waals surface area contributed by atoms with Gasteiger partial charge in [0.05, 0.1) is 21.1 Å². The second-order valence-corrected chi connectivity index (χ2v) is 9.27. The molecule has 1 heterocycles. The van der Waals surface area contributed by atoms with E-state index >= 15 is 0 Å². The van der Waals surface area contributed by atoms with E-state index in [1.807, 2.05) is 12.1 Å². The third-order valence-electron chi connectivity index (χ3n) is 5.20. The average Bonchev–Trinajstić information content (AvgIpc) is 3.28. The lowest BCUT2D eigenvalue weighted by molar-refractivity contribution is -0.384. The van der Waals surface area contributed by atoms with Gasteiger partial charge in [0.25, 0.3) is 21.6 Å². The molecule has 0 atom stereocenters. The van der Waals surface area contributed by atoms with E-state index in [1.165, 1.54) is 52.8 Å². The van der Waals surface area contributed by atoms with Crippen LogP contribution in [-0.4, -0.2) is 38.4 Å². The number of sulfonamides is 1. The number of nitro benzene ring substituents is 1. The largest absolute Gasteiger partial charge is 0.452 e. The van der Waals surface area contributed by atoms with Crippen LogP contribution in [0.25, 0.3) is 0 Å². The number of rotatable bonds is 7. The Bertz CT molecular complexity index is 1370. The van der Waals surface area contributed by atoms with Crippen LogP contribution in [0.15, 0.2) is 77.7 Å². The van der Waals surface area contributed by atoms with Crippen molar-refractivity contribution in [1.29, 1.82) is 0 Å². The number of nitrogens with zero attached hydrogens (tertiary/aromatic N) is 2. The van der Waals surface area contributed by atoms with Gasteiger partial charge in [-0.15, -0.1) is 0 Å². The minimum absolute atomic E-state index is 0.0170. The van der Waals surface area contributed by atoms with Crippen molar-refractivity contribution in [2.75, 3.05) is 22.8 Å². The van der Waals surface area contributed by atoms with Gasteiger partial charge >= 0.3 is 5.97 Å². The number of para-hydroxylation sites is 1. The molecule has 11 heteroatoms. The molecule has 1 aliphatic heterocycles. The second kappa shape index (κ2) is 9.32. The van der Waals surface area contributed by atoms with Crippen LogP contribution in [0.5, 0.6) is 0 Å². The molecule has 0 saturated carbocycles. The fourth-order valence-electron chi connectivity index (χ4n) is 3.55. The number of carbonyl (C=O) groups is 2. The van der Waals surface area contributed by atoms with Crippen LogP contribution in [0.4, 0.5) is 17.1 Å². The van der Waals surface area contributed by atoms with Crippen molar-refractivity contribution in [1.82, 2.24) is 0 Å². The molecule has 0 aromatic heterocycles. The van der Waals surface area contributed by atoms with Crippen molar-refractivity contribution in [2.45, 2.75) is 11.3 Å². The number of carbonyl (C=O) groups excluding carboxylic acids is 2. The Morgan fingerprint density at radius 1 is 1.03 bits per heavy atom. The van der Waals surface area contributed by atoms with Gasteiger partial charge in [-0.1, -0.05) is 24.3 Å². The smallest absolute Gasteiger partial charge is 0.338 e. The zero-order chi connectivity index (χ0) is 24.3. The van der Waals surface area contributed by atoms with E-state index in [0.29, 0.717) is 24.3 Å².